The number of rotatable bonds is 4. The van der Waals surface area contributed by atoms with Crippen LogP contribution in [0.5, 0.6) is 11.5 Å². The van der Waals surface area contributed by atoms with Gasteiger partial charge in [0.2, 0.25) is 0 Å². The number of nitrogens with one attached hydrogen (secondary N) is 1. The summed E-state index contributed by atoms with van der Waals surface area (Å²) in [4.78, 5) is 4.12. The van der Waals surface area contributed by atoms with E-state index in [1.165, 1.54) is 0 Å². The van der Waals surface area contributed by atoms with Crippen LogP contribution in [0.4, 0.5) is 17.2 Å². The highest BCUT2D eigenvalue weighted by Gasteiger charge is 2.08. The van der Waals surface area contributed by atoms with Crippen LogP contribution in [0.3, 0.4) is 0 Å². The molecule has 1 aromatic heterocycles. The van der Waals surface area contributed by atoms with Gasteiger partial charge in [-0.25, -0.2) is 4.98 Å². The SMILES string of the molecule is COc1ccc(OC)c(Nc2ccc(N)c(C#N)n2)c1. The summed E-state index contributed by atoms with van der Waals surface area (Å²) in [6.45, 7) is 0. The van der Waals surface area contributed by atoms with E-state index >= 15 is 0 Å². The van der Waals surface area contributed by atoms with Gasteiger partial charge in [0.1, 0.15) is 23.4 Å². The molecule has 0 aliphatic rings. The van der Waals surface area contributed by atoms with E-state index in [1.807, 2.05) is 6.07 Å². The first-order chi connectivity index (χ1) is 9.67. The molecule has 6 heteroatoms. The lowest BCUT2D eigenvalue weighted by molar-refractivity contribution is 0.405. The second-order valence-corrected chi connectivity index (χ2v) is 3.94. The quantitative estimate of drug-likeness (QED) is 0.885. The van der Waals surface area contributed by atoms with Gasteiger partial charge in [0.05, 0.1) is 25.6 Å². The topological polar surface area (TPSA) is 93.2 Å². The highest BCUT2D eigenvalue weighted by Crippen LogP contribution is 2.31. The van der Waals surface area contributed by atoms with Crippen molar-refractivity contribution in [2.75, 3.05) is 25.3 Å². The average molecular weight is 270 g/mol. The van der Waals surface area contributed by atoms with Gasteiger partial charge in [-0.15, -0.1) is 0 Å². The van der Waals surface area contributed by atoms with Gasteiger partial charge in [0.15, 0.2) is 5.69 Å². The Morgan fingerprint density at radius 3 is 2.65 bits per heavy atom. The first kappa shape index (κ1) is 13.5. The van der Waals surface area contributed by atoms with Gasteiger partial charge in [-0.05, 0) is 24.3 Å². The van der Waals surface area contributed by atoms with Gasteiger partial charge in [-0.1, -0.05) is 0 Å². The molecule has 0 saturated carbocycles. The van der Waals surface area contributed by atoms with Crippen LogP contribution in [0.1, 0.15) is 5.69 Å². The van der Waals surface area contributed by atoms with Crippen molar-refractivity contribution >= 4 is 17.2 Å². The number of nitriles is 1. The van der Waals surface area contributed by atoms with Crippen LogP contribution < -0.4 is 20.5 Å². The third-order valence-electron chi connectivity index (χ3n) is 2.70. The Hall–Kier alpha value is -2.94. The summed E-state index contributed by atoms with van der Waals surface area (Å²) in [5.74, 6) is 1.83. The number of anilines is 3. The standard InChI is InChI=1S/C14H14N4O2/c1-19-9-3-5-13(20-2)11(7-9)17-14-6-4-10(16)12(8-15)18-14/h3-7H,16H2,1-2H3,(H,17,18). The lowest BCUT2D eigenvalue weighted by atomic mass is 10.2. The fourth-order valence-corrected chi connectivity index (χ4v) is 1.68. The van der Waals surface area contributed by atoms with E-state index in [0.717, 1.165) is 0 Å². The number of aromatic nitrogens is 1. The van der Waals surface area contributed by atoms with Crippen molar-refractivity contribution in [2.24, 2.45) is 0 Å². The molecular weight excluding hydrogens is 256 g/mol. The summed E-state index contributed by atoms with van der Waals surface area (Å²) in [6, 6.07) is 10.6. The Balaban J connectivity index is 2.36. The van der Waals surface area contributed by atoms with E-state index in [4.69, 9.17) is 20.5 Å². The summed E-state index contributed by atoms with van der Waals surface area (Å²) in [7, 11) is 3.16. The first-order valence-corrected chi connectivity index (χ1v) is 5.83. The molecule has 1 heterocycles. The minimum absolute atomic E-state index is 0.178. The zero-order valence-corrected chi connectivity index (χ0v) is 11.2. The number of hydrogen-bond acceptors (Lipinski definition) is 6. The van der Waals surface area contributed by atoms with E-state index in [1.54, 1.807) is 44.6 Å². The molecule has 20 heavy (non-hydrogen) atoms. The highest BCUT2D eigenvalue weighted by molar-refractivity contribution is 5.67. The van der Waals surface area contributed by atoms with Gasteiger partial charge < -0.3 is 20.5 Å². The van der Waals surface area contributed by atoms with E-state index < -0.39 is 0 Å². The number of benzene rings is 1. The second-order valence-electron chi connectivity index (χ2n) is 3.94. The molecular formula is C14H14N4O2. The predicted molar refractivity (Wildman–Crippen MR) is 76.2 cm³/mol. The number of nitrogens with two attached hydrogens (primary N) is 1. The largest absolute Gasteiger partial charge is 0.497 e. The van der Waals surface area contributed by atoms with Gasteiger partial charge in [-0.2, -0.15) is 5.26 Å². The van der Waals surface area contributed by atoms with Crippen molar-refractivity contribution in [2.45, 2.75) is 0 Å². The molecule has 0 amide bonds. The third kappa shape index (κ3) is 2.72. The zero-order valence-electron chi connectivity index (χ0n) is 11.2. The first-order valence-electron chi connectivity index (χ1n) is 5.83. The van der Waals surface area contributed by atoms with Gasteiger partial charge in [0.25, 0.3) is 0 Å². The maximum absolute atomic E-state index is 8.93. The zero-order chi connectivity index (χ0) is 14.5. The molecule has 3 N–H and O–H groups in total. The van der Waals surface area contributed by atoms with Crippen molar-refractivity contribution in [1.29, 1.82) is 5.26 Å². The molecule has 0 radical (unpaired) electrons. The fourth-order valence-electron chi connectivity index (χ4n) is 1.68. The number of hydrogen-bond donors (Lipinski definition) is 2. The molecule has 6 nitrogen and oxygen atoms in total. The third-order valence-corrected chi connectivity index (χ3v) is 2.70. The molecule has 2 rings (SSSR count). The van der Waals surface area contributed by atoms with Crippen LogP contribution in [0.2, 0.25) is 0 Å². The molecule has 2 aromatic rings. The predicted octanol–water partition coefficient (Wildman–Crippen LogP) is 2.30. The van der Waals surface area contributed by atoms with Crippen molar-refractivity contribution in [3.05, 3.63) is 36.0 Å². The fraction of sp³-hybridized carbons (Fsp3) is 0.143. The molecule has 0 atom stereocenters. The Morgan fingerprint density at radius 2 is 2.00 bits per heavy atom. The molecule has 0 unspecified atom stereocenters. The van der Waals surface area contributed by atoms with Crippen molar-refractivity contribution in [3.8, 4) is 17.6 Å². The highest BCUT2D eigenvalue weighted by atomic mass is 16.5. The summed E-state index contributed by atoms with van der Waals surface area (Å²) < 4.78 is 10.4. The lowest BCUT2D eigenvalue weighted by Gasteiger charge is -2.12. The number of nitrogens with zero attached hydrogens (tertiary/aromatic N) is 2. The Kier molecular flexibility index (Phi) is 3.91. The summed E-state index contributed by atoms with van der Waals surface area (Å²) in [6.07, 6.45) is 0. The number of nitrogen functional groups attached to an aromatic ring is 1. The Bertz CT molecular complexity index is 665. The number of pyridine rings is 1. The van der Waals surface area contributed by atoms with Crippen LogP contribution >= 0.6 is 0 Å². The van der Waals surface area contributed by atoms with Crippen LogP contribution in [0.15, 0.2) is 30.3 Å². The van der Waals surface area contributed by atoms with Gasteiger partial charge >= 0.3 is 0 Å². The molecule has 0 saturated heterocycles. The van der Waals surface area contributed by atoms with E-state index in [9.17, 15) is 0 Å². The summed E-state index contributed by atoms with van der Waals surface area (Å²) in [5.41, 5.74) is 6.85. The number of methoxy groups -OCH3 is 2. The average Bonchev–Trinajstić information content (AvgIpc) is 2.49. The Labute approximate surface area is 116 Å². The molecule has 0 aliphatic heterocycles. The maximum Gasteiger partial charge on any atom is 0.165 e. The van der Waals surface area contributed by atoms with E-state index in [2.05, 4.69) is 10.3 Å². The smallest absolute Gasteiger partial charge is 0.165 e. The monoisotopic (exact) mass is 270 g/mol. The van der Waals surface area contributed by atoms with Crippen LogP contribution in [0, 0.1) is 11.3 Å². The molecule has 1 aromatic carbocycles. The lowest BCUT2D eigenvalue weighted by Crippen LogP contribution is -2.00. The molecule has 0 aliphatic carbocycles. The van der Waals surface area contributed by atoms with E-state index in [0.29, 0.717) is 28.7 Å². The summed E-state index contributed by atoms with van der Waals surface area (Å²) >= 11 is 0. The second kappa shape index (κ2) is 5.80. The molecule has 0 spiro atoms. The van der Waals surface area contributed by atoms with E-state index in [-0.39, 0.29) is 5.69 Å². The van der Waals surface area contributed by atoms with Crippen molar-refractivity contribution in [3.63, 3.8) is 0 Å². The minimum atomic E-state index is 0.178. The van der Waals surface area contributed by atoms with Gasteiger partial charge in [-0.3, -0.25) is 0 Å². The maximum atomic E-state index is 8.93. The molecule has 0 fully saturated rings. The van der Waals surface area contributed by atoms with Crippen LogP contribution in [0.25, 0.3) is 0 Å². The Morgan fingerprint density at radius 1 is 1.20 bits per heavy atom. The summed E-state index contributed by atoms with van der Waals surface area (Å²) in [5, 5.41) is 12.0. The minimum Gasteiger partial charge on any atom is -0.497 e. The molecule has 0 bridgehead atoms. The normalized spacial score (nSPS) is 9.65. The van der Waals surface area contributed by atoms with Crippen molar-refractivity contribution < 1.29 is 9.47 Å². The van der Waals surface area contributed by atoms with Crippen LogP contribution in [-0.2, 0) is 0 Å². The van der Waals surface area contributed by atoms with Gasteiger partial charge in [0, 0.05) is 6.07 Å². The number of ether oxygens (including phenoxy) is 2. The van der Waals surface area contributed by atoms with Crippen molar-refractivity contribution in [1.82, 2.24) is 4.98 Å². The van der Waals surface area contributed by atoms with Crippen LogP contribution in [-0.4, -0.2) is 19.2 Å². The molecule has 102 valence electrons.